The average molecular weight is 132 g/mol. The van der Waals surface area contributed by atoms with Crippen LogP contribution in [-0.2, 0) is 4.74 Å². The Balaban J connectivity index is 2.62. The maximum Gasteiger partial charge on any atom is 0.0644 e. The molecular weight excluding hydrogens is 120 g/mol. The summed E-state index contributed by atoms with van der Waals surface area (Å²) in [5.41, 5.74) is 0. The van der Waals surface area contributed by atoms with E-state index in [4.69, 9.17) is 4.74 Å². The second-order valence-electron chi connectivity index (χ2n) is 1.44. The molecule has 0 amide bonds. The van der Waals surface area contributed by atoms with E-state index in [9.17, 15) is 0 Å². The number of hydrogen-bond acceptors (Lipinski definition) is 2. The molecule has 0 aromatic carbocycles. The summed E-state index contributed by atoms with van der Waals surface area (Å²) >= 11 is 4.02. The molecule has 8 heavy (non-hydrogen) atoms. The van der Waals surface area contributed by atoms with Crippen molar-refractivity contribution in [2.24, 2.45) is 0 Å². The van der Waals surface area contributed by atoms with Crippen molar-refractivity contribution in [2.45, 2.75) is 6.42 Å². The molecule has 1 nitrogen and oxygen atoms in total. The maximum absolute atomic E-state index is 5.06. The van der Waals surface area contributed by atoms with E-state index in [2.05, 4.69) is 19.2 Å². The minimum atomic E-state index is 0.660. The van der Waals surface area contributed by atoms with E-state index in [1.54, 1.807) is 6.08 Å². The lowest BCUT2D eigenvalue weighted by Gasteiger charge is -1.95. The first-order valence-electron chi connectivity index (χ1n) is 2.71. The highest BCUT2D eigenvalue weighted by molar-refractivity contribution is 7.80. The molecule has 2 heteroatoms. The molecule has 0 saturated heterocycles. The molecule has 0 aromatic rings. The summed E-state index contributed by atoms with van der Waals surface area (Å²) in [4.78, 5) is 0. The molecule has 0 bridgehead atoms. The van der Waals surface area contributed by atoms with Crippen LogP contribution < -0.4 is 0 Å². The van der Waals surface area contributed by atoms with Crippen LogP contribution in [0.1, 0.15) is 6.42 Å². The predicted molar refractivity (Wildman–Crippen MR) is 39.5 cm³/mol. The Morgan fingerprint density at radius 2 is 2.38 bits per heavy atom. The van der Waals surface area contributed by atoms with Gasteiger partial charge in [-0.25, -0.2) is 0 Å². The largest absolute Gasteiger partial charge is 0.377 e. The molecule has 0 aliphatic heterocycles. The lowest BCUT2D eigenvalue weighted by atomic mass is 10.5. The number of thiol groups is 1. The first-order chi connectivity index (χ1) is 3.91. The predicted octanol–water partition coefficient (Wildman–Crippen LogP) is 1.51. The molecule has 0 aromatic heterocycles. The zero-order valence-electron chi connectivity index (χ0n) is 4.97. The zero-order chi connectivity index (χ0) is 6.24. The molecule has 0 unspecified atom stereocenters. The standard InChI is InChI=1S/C6H12OS/c1-2-4-7-5-3-6-8/h2,8H,1,3-6H2. The number of hydrogen-bond donors (Lipinski definition) is 1. The van der Waals surface area contributed by atoms with Crippen LogP contribution in [0.3, 0.4) is 0 Å². The molecule has 0 spiro atoms. The Morgan fingerprint density at radius 1 is 1.62 bits per heavy atom. The van der Waals surface area contributed by atoms with E-state index in [0.29, 0.717) is 6.61 Å². The molecular formula is C6H12OS. The Labute approximate surface area is 56.1 Å². The Bertz CT molecular complexity index is 54.5. The van der Waals surface area contributed by atoms with E-state index >= 15 is 0 Å². The summed E-state index contributed by atoms with van der Waals surface area (Å²) in [6.07, 6.45) is 2.77. The van der Waals surface area contributed by atoms with Crippen LogP contribution in [0.15, 0.2) is 12.7 Å². The van der Waals surface area contributed by atoms with E-state index in [1.807, 2.05) is 0 Å². The summed E-state index contributed by atoms with van der Waals surface area (Å²) in [6, 6.07) is 0. The second kappa shape index (κ2) is 7.05. The smallest absolute Gasteiger partial charge is 0.0644 e. The van der Waals surface area contributed by atoms with Crippen molar-refractivity contribution in [3.63, 3.8) is 0 Å². The van der Waals surface area contributed by atoms with Crippen LogP contribution in [0.5, 0.6) is 0 Å². The second-order valence-corrected chi connectivity index (χ2v) is 1.89. The van der Waals surface area contributed by atoms with Gasteiger partial charge in [0.25, 0.3) is 0 Å². The third-order valence-electron chi connectivity index (χ3n) is 0.682. The lowest BCUT2D eigenvalue weighted by molar-refractivity contribution is 0.164. The van der Waals surface area contributed by atoms with Gasteiger partial charge in [0.1, 0.15) is 0 Å². The van der Waals surface area contributed by atoms with Gasteiger partial charge >= 0.3 is 0 Å². The molecule has 0 atom stereocenters. The van der Waals surface area contributed by atoms with Crippen LogP contribution in [0.25, 0.3) is 0 Å². The highest BCUT2D eigenvalue weighted by Gasteiger charge is 1.80. The number of rotatable bonds is 5. The Morgan fingerprint density at radius 3 is 2.88 bits per heavy atom. The van der Waals surface area contributed by atoms with Gasteiger partial charge in [-0.15, -0.1) is 6.58 Å². The first-order valence-corrected chi connectivity index (χ1v) is 3.34. The van der Waals surface area contributed by atoms with Crippen LogP contribution >= 0.6 is 12.6 Å². The van der Waals surface area contributed by atoms with Gasteiger partial charge in [-0.2, -0.15) is 12.6 Å². The summed E-state index contributed by atoms with van der Waals surface area (Å²) in [6.45, 7) is 4.98. The summed E-state index contributed by atoms with van der Waals surface area (Å²) in [5.74, 6) is 0.900. The molecule has 0 heterocycles. The fraction of sp³-hybridized carbons (Fsp3) is 0.667. The van der Waals surface area contributed by atoms with Crippen molar-refractivity contribution in [2.75, 3.05) is 19.0 Å². The van der Waals surface area contributed by atoms with Gasteiger partial charge in [-0.05, 0) is 12.2 Å². The van der Waals surface area contributed by atoms with E-state index in [0.717, 1.165) is 18.8 Å². The number of ether oxygens (including phenoxy) is 1. The maximum atomic E-state index is 5.06. The van der Waals surface area contributed by atoms with Gasteiger partial charge < -0.3 is 4.74 Å². The van der Waals surface area contributed by atoms with Gasteiger partial charge in [0, 0.05) is 6.61 Å². The fourth-order valence-electron chi connectivity index (χ4n) is 0.333. The molecule has 0 fully saturated rings. The highest BCUT2D eigenvalue weighted by atomic mass is 32.1. The van der Waals surface area contributed by atoms with Crippen molar-refractivity contribution < 1.29 is 4.74 Å². The van der Waals surface area contributed by atoms with E-state index in [-0.39, 0.29) is 0 Å². The minimum Gasteiger partial charge on any atom is -0.377 e. The van der Waals surface area contributed by atoms with Gasteiger partial charge in [0.15, 0.2) is 0 Å². The van der Waals surface area contributed by atoms with Crippen LogP contribution in [0.4, 0.5) is 0 Å². The summed E-state index contributed by atoms with van der Waals surface area (Å²) in [7, 11) is 0. The quantitative estimate of drug-likeness (QED) is 0.339. The Hall–Kier alpha value is 0.0500. The average Bonchev–Trinajstić information content (AvgIpc) is 1.81. The monoisotopic (exact) mass is 132 g/mol. The van der Waals surface area contributed by atoms with E-state index in [1.165, 1.54) is 0 Å². The van der Waals surface area contributed by atoms with Crippen molar-refractivity contribution in [1.29, 1.82) is 0 Å². The van der Waals surface area contributed by atoms with Crippen molar-refractivity contribution in [3.8, 4) is 0 Å². The van der Waals surface area contributed by atoms with Crippen molar-refractivity contribution >= 4 is 12.6 Å². The van der Waals surface area contributed by atoms with Crippen molar-refractivity contribution in [3.05, 3.63) is 12.7 Å². The van der Waals surface area contributed by atoms with Crippen LogP contribution in [-0.4, -0.2) is 19.0 Å². The molecule has 48 valence electrons. The molecule has 0 rings (SSSR count). The van der Waals surface area contributed by atoms with E-state index < -0.39 is 0 Å². The zero-order valence-corrected chi connectivity index (χ0v) is 5.86. The third-order valence-corrected chi connectivity index (χ3v) is 0.999. The van der Waals surface area contributed by atoms with Gasteiger partial charge in [0.2, 0.25) is 0 Å². The molecule has 0 N–H and O–H groups in total. The summed E-state index contributed by atoms with van der Waals surface area (Å²) < 4.78 is 5.06. The molecule has 0 saturated carbocycles. The SMILES string of the molecule is C=CCOCCCS. The molecule has 0 aliphatic rings. The topological polar surface area (TPSA) is 9.23 Å². The normalized spacial score (nSPS) is 9.12. The summed E-state index contributed by atoms with van der Waals surface area (Å²) in [5, 5.41) is 0. The van der Waals surface area contributed by atoms with Gasteiger partial charge in [-0.1, -0.05) is 6.08 Å². The van der Waals surface area contributed by atoms with Crippen molar-refractivity contribution in [1.82, 2.24) is 0 Å². The fourth-order valence-corrected chi connectivity index (χ4v) is 0.462. The van der Waals surface area contributed by atoms with Gasteiger partial charge in [0.05, 0.1) is 6.61 Å². The van der Waals surface area contributed by atoms with Gasteiger partial charge in [-0.3, -0.25) is 0 Å². The highest BCUT2D eigenvalue weighted by Crippen LogP contribution is 1.84. The minimum absolute atomic E-state index is 0.660. The van der Waals surface area contributed by atoms with Crippen LogP contribution in [0, 0.1) is 0 Å². The third kappa shape index (κ3) is 6.05. The van der Waals surface area contributed by atoms with Crippen LogP contribution in [0.2, 0.25) is 0 Å². The first kappa shape index (κ1) is 8.05. The molecule has 0 aliphatic carbocycles. The lowest BCUT2D eigenvalue weighted by Crippen LogP contribution is -1.93. The Kier molecular flexibility index (Phi) is 7.09. The molecule has 0 radical (unpaired) electrons.